The zero-order valence-electron chi connectivity index (χ0n) is 14.4. The van der Waals surface area contributed by atoms with Crippen molar-refractivity contribution in [2.75, 3.05) is 26.2 Å². The quantitative estimate of drug-likeness (QED) is 0.863. The van der Waals surface area contributed by atoms with Crippen LogP contribution in [-0.2, 0) is 6.54 Å². The molecule has 2 saturated heterocycles. The van der Waals surface area contributed by atoms with Crippen LogP contribution >= 0.6 is 0 Å². The predicted octanol–water partition coefficient (Wildman–Crippen LogP) is 2.73. The summed E-state index contributed by atoms with van der Waals surface area (Å²) in [5.41, 5.74) is 2.42. The molecule has 2 aliphatic rings. The summed E-state index contributed by atoms with van der Waals surface area (Å²) in [7, 11) is 0. The van der Waals surface area contributed by atoms with Crippen molar-refractivity contribution in [1.29, 1.82) is 0 Å². The maximum absolute atomic E-state index is 13.3. The lowest BCUT2D eigenvalue weighted by Gasteiger charge is -2.21. The molecule has 25 heavy (non-hydrogen) atoms. The minimum Gasteiger partial charge on any atom is -0.337 e. The third kappa shape index (κ3) is 3.42. The lowest BCUT2D eigenvalue weighted by atomic mass is 10.0. The molecule has 3 heterocycles. The van der Waals surface area contributed by atoms with Gasteiger partial charge < -0.3 is 4.90 Å². The van der Waals surface area contributed by atoms with Crippen LogP contribution in [0.2, 0.25) is 0 Å². The van der Waals surface area contributed by atoms with Crippen LogP contribution in [0.4, 0.5) is 4.39 Å². The van der Waals surface area contributed by atoms with Crippen LogP contribution in [0.1, 0.15) is 21.7 Å². The fourth-order valence-corrected chi connectivity index (χ4v) is 4.10. The van der Waals surface area contributed by atoms with E-state index >= 15 is 0 Å². The third-order valence-corrected chi connectivity index (χ3v) is 5.25. The van der Waals surface area contributed by atoms with Gasteiger partial charge in [-0.25, -0.2) is 9.37 Å². The molecule has 2 atom stereocenters. The maximum atomic E-state index is 13.3. The van der Waals surface area contributed by atoms with Crippen molar-refractivity contribution in [3.8, 4) is 0 Å². The fraction of sp³-hybridized carbons (Fsp3) is 0.400. The van der Waals surface area contributed by atoms with Gasteiger partial charge in [-0.1, -0.05) is 18.2 Å². The number of aryl methyl sites for hydroxylation is 1. The highest BCUT2D eigenvalue weighted by molar-refractivity contribution is 5.92. The van der Waals surface area contributed by atoms with Crippen molar-refractivity contribution in [3.05, 3.63) is 65.2 Å². The average Bonchev–Trinajstić information content (AvgIpc) is 3.12. The molecule has 2 aliphatic heterocycles. The van der Waals surface area contributed by atoms with Gasteiger partial charge in [0.05, 0.1) is 0 Å². The normalized spacial score (nSPS) is 23.0. The van der Waals surface area contributed by atoms with E-state index in [2.05, 4.69) is 9.88 Å². The second-order valence-electron chi connectivity index (χ2n) is 7.22. The first-order chi connectivity index (χ1) is 12.1. The first kappa shape index (κ1) is 16.2. The average molecular weight is 339 g/mol. The Morgan fingerprint density at radius 1 is 1.12 bits per heavy atom. The number of nitrogens with zero attached hydrogens (tertiary/aromatic N) is 3. The lowest BCUT2D eigenvalue weighted by molar-refractivity contribution is 0.0767. The maximum Gasteiger partial charge on any atom is 0.272 e. The molecular formula is C20H22FN3O. The zero-order valence-corrected chi connectivity index (χ0v) is 14.4. The van der Waals surface area contributed by atoms with Crippen LogP contribution < -0.4 is 0 Å². The second-order valence-corrected chi connectivity index (χ2v) is 7.22. The molecule has 1 amide bonds. The molecule has 2 aromatic rings. The Balaban J connectivity index is 1.37. The van der Waals surface area contributed by atoms with Gasteiger partial charge in [0.25, 0.3) is 5.91 Å². The summed E-state index contributed by atoms with van der Waals surface area (Å²) >= 11 is 0. The van der Waals surface area contributed by atoms with E-state index in [1.54, 1.807) is 18.2 Å². The number of halogens is 1. The number of benzene rings is 1. The van der Waals surface area contributed by atoms with E-state index in [1.807, 2.05) is 30.0 Å². The number of pyridine rings is 1. The van der Waals surface area contributed by atoms with Crippen LogP contribution in [0.15, 0.2) is 42.5 Å². The molecule has 4 rings (SSSR count). The molecular weight excluding hydrogens is 317 g/mol. The van der Waals surface area contributed by atoms with E-state index in [0.717, 1.165) is 44.0 Å². The SMILES string of the molecule is Cc1cccc(C(=O)N2C[C@H]3CN(Cc4cccc(F)c4)C[C@H]3C2)n1. The molecule has 0 bridgehead atoms. The van der Waals surface area contributed by atoms with Crippen molar-refractivity contribution in [2.45, 2.75) is 13.5 Å². The van der Waals surface area contributed by atoms with Gasteiger partial charge in [-0.05, 0) is 48.6 Å². The summed E-state index contributed by atoms with van der Waals surface area (Å²) in [5.74, 6) is 0.860. The standard InChI is InChI=1S/C20H22FN3O/c1-14-4-2-7-19(22-14)20(25)24-12-16-10-23(11-17(16)13-24)9-15-5-3-6-18(21)8-15/h2-8,16-17H,9-13H2,1H3/t16-,17+. The van der Waals surface area contributed by atoms with E-state index in [9.17, 15) is 9.18 Å². The molecule has 0 aliphatic carbocycles. The summed E-state index contributed by atoms with van der Waals surface area (Å²) in [6.07, 6.45) is 0. The number of fused-ring (bicyclic) bond motifs is 1. The number of hydrogen-bond donors (Lipinski definition) is 0. The molecule has 0 radical (unpaired) electrons. The van der Waals surface area contributed by atoms with Gasteiger partial charge in [0, 0.05) is 38.4 Å². The fourth-order valence-electron chi connectivity index (χ4n) is 4.10. The van der Waals surface area contributed by atoms with Crippen molar-refractivity contribution < 1.29 is 9.18 Å². The topological polar surface area (TPSA) is 36.4 Å². The Kier molecular flexibility index (Phi) is 4.25. The van der Waals surface area contributed by atoms with E-state index in [-0.39, 0.29) is 11.7 Å². The van der Waals surface area contributed by atoms with E-state index < -0.39 is 0 Å². The van der Waals surface area contributed by atoms with Crippen molar-refractivity contribution in [1.82, 2.24) is 14.8 Å². The molecule has 4 nitrogen and oxygen atoms in total. The van der Waals surface area contributed by atoms with Crippen molar-refractivity contribution >= 4 is 5.91 Å². The minimum absolute atomic E-state index is 0.0368. The Morgan fingerprint density at radius 3 is 2.52 bits per heavy atom. The number of amides is 1. The van der Waals surface area contributed by atoms with Gasteiger partial charge in [-0.2, -0.15) is 0 Å². The van der Waals surface area contributed by atoms with Gasteiger partial charge in [0.1, 0.15) is 11.5 Å². The van der Waals surface area contributed by atoms with Crippen LogP contribution in [0.25, 0.3) is 0 Å². The molecule has 1 aromatic carbocycles. The first-order valence-corrected chi connectivity index (χ1v) is 8.78. The van der Waals surface area contributed by atoms with Gasteiger partial charge in [-0.15, -0.1) is 0 Å². The van der Waals surface area contributed by atoms with E-state index in [0.29, 0.717) is 17.5 Å². The van der Waals surface area contributed by atoms with Crippen molar-refractivity contribution in [2.24, 2.45) is 11.8 Å². The highest BCUT2D eigenvalue weighted by Gasteiger charge is 2.41. The van der Waals surface area contributed by atoms with Gasteiger partial charge in [-0.3, -0.25) is 9.69 Å². The highest BCUT2D eigenvalue weighted by atomic mass is 19.1. The summed E-state index contributed by atoms with van der Waals surface area (Å²) in [6.45, 7) is 6.19. The highest BCUT2D eigenvalue weighted by Crippen LogP contribution is 2.32. The smallest absolute Gasteiger partial charge is 0.272 e. The molecule has 0 N–H and O–H groups in total. The molecule has 130 valence electrons. The minimum atomic E-state index is -0.181. The Labute approximate surface area is 147 Å². The monoisotopic (exact) mass is 339 g/mol. The largest absolute Gasteiger partial charge is 0.337 e. The Hall–Kier alpha value is -2.27. The summed E-state index contributed by atoms with van der Waals surface area (Å²) in [6, 6.07) is 12.4. The number of carbonyl (C=O) groups excluding carboxylic acids is 1. The zero-order chi connectivity index (χ0) is 17.4. The molecule has 0 unspecified atom stereocenters. The summed E-state index contributed by atoms with van der Waals surface area (Å²) in [4.78, 5) is 21.3. The van der Waals surface area contributed by atoms with Gasteiger partial charge in [0.15, 0.2) is 0 Å². The molecule has 0 saturated carbocycles. The number of carbonyl (C=O) groups is 1. The molecule has 1 aromatic heterocycles. The van der Waals surface area contributed by atoms with Crippen LogP contribution in [-0.4, -0.2) is 46.9 Å². The number of aromatic nitrogens is 1. The van der Waals surface area contributed by atoms with E-state index in [4.69, 9.17) is 0 Å². The van der Waals surface area contributed by atoms with Crippen molar-refractivity contribution in [3.63, 3.8) is 0 Å². The predicted molar refractivity (Wildman–Crippen MR) is 93.5 cm³/mol. The lowest BCUT2D eigenvalue weighted by Crippen LogP contribution is -2.33. The van der Waals surface area contributed by atoms with Crippen LogP contribution in [0.3, 0.4) is 0 Å². The third-order valence-electron chi connectivity index (χ3n) is 5.25. The van der Waals surface area contributed by atoms with Gasteiger partial charge in [0.2, 0.25) is 0 Å². The summed E-state index contributed by atoms with van der Waals surface area (Å²) in [5, 5.41) is 0. The Bertz CT molecular complexity index is 780. The number of rotatable bonds is 3. The number of hydrogen-bond acceptors (Lipinski definition) is 3. The molecule has 2 fully saturated rings. The molecule has 5 heteroatoms. The Morgan fingerprint density at radius 2 is 1.84 bits per heavy atom. The van der Waals surface area contributed by atoms with Crippen LogP contribution in [0.5, 0.6) is 0 Å². The first-order valence-electron chi connectivity index (χ1n) is 8.78. The second kappa shape index (κ2) is 6.56. The molecule has 0 spiro atoms. The number of likely N-dealkylation sites (tertiary alicyclic amines) is 2. The van der Waals surface area contributed by atoms with Gasteiger partial charge >= 0.3 is 0 Å². The van der Waals surface area contributed by atoms with E-state index in [1.165, 1.54) is 6.07 Å². The summed E-state index contributed by atoms with van der Waals surface area (Å²) < 4.78 is 13.3. The van der Waals surface area contributed by atoms with Crippen LogP contribution in [0, 0.1) is 24.6 Å².